The number of benzene rings is 2. The summed E-state index contributed by atoms with van der Waals surface area (Å²) in [4.78, 5) is 14.4. The fourth-order valence-electron chi connectivity index (χ4n) is 3.76. The number of halogens is 1. The van der Waals surface area contributed by atoms with E-state index in [0.29, 0.717) is 12.2 Å². The number of carbonyl (C=O) groups is 1. The first-order valence-corrected chi connectivity index (χ1v) is 9.85. The number of rotatable bonds is 6. The molecule has 0 amide bonds. The van der Waals surface area contributed by atoms with Gasteiger partial charge in [0.05, 0.1) is 0 Å². The van der Waals surface area contributed by atoms with E-state index >= 15 is 0 Å². The van der Waals surface area contributed by atoms with Crippen LogP contribution >= 0.6 is 0 Å². The van der Waals surface area contributed by atoms with Crippen LogP contribution in [0.15, 0.2) is 48.0 Å². The predicted molar refractivity (Wildman–Crippen MR) is 111 cm³/mol. The monoisotopic (exact) mass is 381 g/mol. The van der Waals surface area contributed by atoms with Gasteiger partial charge in [0, 0.05) is 19.5 Å². The minimum atomic E-state index is -0.342. The highest BCUT2D eigenvalue weighted by Gasteiger charge is 2.17. The molecule has 0 bridgehead atoms. The van der Waals surface area contributed by atoms with Crippen LogP contribution in [0.3, 0.4) is 0 Å². The Bertz CT molecular complexity index is 871. The lowest BCUT2D eigenvalue weighted by Crippen LogP contribution is -2.26. The molecule has 1 aliphatic rings. The maximum absolute atomic E-state index is 12.9. The Labute approximate surface area is 166 Å². The van der Waals surface area contributed by atoms with Gasteiger partial charge in [-0.25, -0.2) is 4.39 Å². The molecule has 2 aromatic carbocycles. The number of hydrogen-bond acceptors (Lipinski definition) is 3. The second-order valence-corrected chi connectivity index (χ2v) is 7.69. The molecule has 148 valence electrons. The molecule has 0 atom stereocenters. The molecule has 1 aliphatic heterocycles. The van der Waals surface area contributed by atoms with E-state index in [1.807, 2.05) is 0 Å². The lowest BCUT2D eigenvalue weighted by atomic mass is 9.88. The highest BCUT2D eigenvalue weighted by Crippen LogP contribution is 2.30. The summed E-state index contributed by atoms with van der Waals surface area (Å²) < 4.78 is 18.2. The van der Waals surface area contributed by atoms with Crippen molar-refractivity contribution in [3.8, 4) is 5.75 Å². The molecule has 1 heterocycles. The van der Waals surface area contributed by atoms with E-state index in [9.17, 15) is 9.18 Å². The molecular formula is C24H28FNO2. The van der Waals surface area contributed by atoms with Gasteiger partial charge in [0.15, 0.2) is 0 Å². The van der Waals surface area contributed by atoms with Crippen molar-refractivity contribution in [1.82, 2.24) is 4.90 Å². The minimum Gasteiger partial charge on any atom is -0.427 e. The van der Waals surface area contributed by atoms with Crippen molar-refractivity contribution < 1.29 is 13.9 Å². The summed E-state index contributed by atoms with van der Waals surface area (Å²) in [7, 11) is 2.16. The van der Waals surface area contributed by atoms with Crippen LogP contribution in [0.1, 0.15) is 42.9 Å². The predicted octanol–water partition coefficient (Wildman–Crippen LogP) is 5.17. The minimum absolute atomic E-state index is 0.282. The Kier molecular flexibility index (Phi) is 6.63. The van der Waals surface area contributed by atoms with Gasteiger partial charge in [0.1, 0.15) is 11.6 Å². The summed E-state index contributed by atoms with van der Waals surface area (Å²) in [5.41, 5.74) is 6.76. The maximum atomic E-state index is 12.9. The molecule has 0 aromatic heterocycles. The summed E-state index contributed by atoms with van der Waals surface area (Å²) in [6, 6.07) is 12.1. The van der Waals surface area contributed by atoms with Crippen molar-refractivity contribution in [1.29, 1.82) is 0 Å². The van der Waals surface area contributed by atoms with Gasteiger partial charge in [-0.15, -0.1) is 0 Å². The summed E-state index contributed by atoms with van der Waals surface area (Å²) in [5.74, 6) is -0.241. The zero-order valence-corrected chi connectivity index (χ0v) is 16.9. The summed E-state index contributed by atoms with van der Waals surface area (Å²) >= 11 is 0. The van der Waals surface area contributed by atoms with Crippen LogP contribution in [0.5, 0.6) is 5.75 Å². The van der Waals surface area contributed by atoms with Crippen molar-refractivity contribution in [2.45, 2.75) is 39.5 Å². The highest BCUT2D eigenvalue weighted by atomic mass is 19.1. The number of esters is 1. The first kappa shape index (κ1) is 20.3. The molecule has 0 radical (unpaired) electrons. The number of aryl methyl sites for hydroxylation is 2. The Balaban J connectivity index is 1.64. The van der Waals surface area contributed by atoms with Crippen LogP contribution in [0.25, 0.3) is 5.57 Å². The van der Waals surface area contributed by atoms with Crippen LogP contribution in [0, 0.1) is 12.7 Å². The second kappa shape index (κ2) is 9.16. The smallest absolute Gasteiger partial charge is 0.311 e. The number of hydrogen-bond donors (Lipinski definition) is 0. The zero-order chi connectivity index (χ0) is 20.1. The standard InChI is InChI=1S/C24H28FNO2/c1-17-7-8-19(23(15-17)22-13-14-26(3)16-18(22)2)5-4-6-24(27)28-21-11-9-20(25)10-12-21/h7-12,15H,4-6,13-14,16H2,1-3H3. The van der Waals surface area contributed by atoms with E-state index in [1.165, 1.54) is 52.1 Å². The molecule has 3 nitrogen and oxygen atoms in total. The van der Waals surface area contributed by atoms with Crippen molar-refractivity contribution >= 4 is 11.5 Å². The van der Waals surface area contributed by atoms with Crippen molar-refractivity contribution in [2.75, 3.05) is 20.1 Å². The molecule has 0 saturated carbocycles. The maximum Gasteiger partial charge on any atom is 0.311 e. The van der Waals surface area contributed by atoms with Gasteiger partial charge in [-0.3, -0.25) is 4.79 Å². The average Bonchev–Trinajstić information content (AvgIpc) is 2.65. The van der Waals surface area contributed by atoms with Crippen LogP contribution < -0.4 is 4.74 Å². The topological polar surface area (TPSA) is 29.5 Å². The quantitative estimate of drug-likeness (QED) is 0.511. The van der Waals surface area contributed by atoms with E-state index in [1.54, 1.807) is 0 Å². The second-order valence-electron chi connectivity index (χ2n) is 7.69. The average molecular weight is 381 g/mol. The van der Waals surface area contributed by atoms with E-state index < -0.39 is 0 Å². The van der Waals surface area contributed by atoms with Gasteiger partial charge in [0.25, 0.3) is 0 Å². The summed E-state index contributed by atoms with van der Waals surface area (Å²) in [6.07, 6.45) is 2.96. The molecule has 3 rings (SSSR count). The number of likely N-dealkylation sites (N-methyl/N-ethyl adjacent to an activating group) is 1. The van der Waals surface area contributed by atoms with Gasteiger partial charge in [-0.2, -0.15) is 0 Å². The summed E-state index contributed by atoms with van der Waals surface area (Å²) in [6.45, 7) is 6.42. The van der Waals surface area contributed by atoms with E-state index in [2.05, 4.69) is 44.0 Å². The Morgan fingerprint density at radius 3 is 2.61 bits per heavy atom. The lowest BCUT2D eigenvalue weighted by Gasteiger charge is -2.27. The molecule has 0 spiro atoms. The van der Waals surface area contributed by atoms with Crippen LogP contribution in [0.2, 0.25) is 0 Å². The van der Waals surface area contributed by atoms with Gasteiger partial charge in [-0.05, 0) is 81.1 Å². The molecule has 4 heteroatoms. The third-order valence-electron chi connectivity index (χ3n) is 5.23. The van der Waals surface area contributed by atoms with E-state index in [0.717, 1.165) is 32.4 Å². The third kappa shape index (κ3) is 5.29. The molecule has 0 fully saturated rings. The third-order valence-corrected chi connectivity index (χ3v) is 5.23. The molecule has 0 saturated heterocycles. The van der Waals surface area contributed by atoms with Gasteiger partial charge in [0.2, 0.25) is 0 Å². The Morgan fingerprint density at radius 2 is 1.89 bits per heavy atom. The number of carbonyl (C=O) groups excluding carboxylic acids is 1. The number of nitrogens with zero attached hydrogens (tertiary/aromatic N) is 1. The Hall–Kier alpha value is -2.46. The van der Waals surface area contributed by atoms with Crippen molar-refractivity contribution in [2.24, 2.45) is 0 Å². The van der Waals surface area contributed by atoms with Gasteiger partial charge in [-0.1, -0.05) is 29.3 Å². The number of ether oxygens (including phenoxy) is 1. The first-order chi connectivity index (χ1) is 13.4. The van der Waals surface area contributed by atoms with Gasteiger partial charge >= 0.3 is 5.97 Å². The molecule has 0 aliphatic carbocycles. The van der Waals surface area contributed by atoms with Gasteiger partial charge < -0.3 is 9.64 Å². The Morgan fingerprint density at radius 1 is 1.14 bits per heavy atom. The molecule has 0 unspecified atom stereocenters. The van der Waals surface area contributed by atoms with E-state index in [4.69, 9.17) is 4.74 Å². The van der Waals surface area contributed by atoms with E-state index in [-0.39, 0.29) is 11.8 Å². The molecule has 2 aromatic rings. The SMILES string of the molecule is CC1=C(c2cc(C)ccc2CCCC(=O)Oc2ccc(F)cc2)CCN(C)C1. The van der Waals surface area contributed by atoms with Crippen molar-refractivity contribution in [3.63, 3.8) is 0 Å². The molecule has 0 N–H and O–H groups in total. The van der Waals surface area contributed by atoms with Crippen LogP contribution in [-0.4, -0.2) is 31.0 Å². The van der Waals surface area contributed by atoms with Crippen molar-refractivity contribution in [3.05, 3.63) is 70.5 Å². The normalized spacial score (nSPS) is 15.0. The van der Waals surface area contributed by atoms with Crippen LogP contribution in [0.4, 0.5) is 4.39 Å². The fraction of sp³-hybridized carbons (Fsp3) is 0.375. The molecular weight excluding hydrogens is 353 g/mol. The largest absolute Gasteiger partial charge is 0.427 e. The summed E-state index contributed by atoms with van der Waals surface area (Å²) in [5, 5.41) is 0. The first-order valence-electron chi connectivity index (χ1n) is 9.85. The fourth-order valence-corrected chi connectivity index (χ4v) is 3.76. The lowest BCUT2D eigenvalue weighted by molar-refractivity contribution is -0.134. The zero-order valence-electron chi connectivity index (χ0n) is 16.9. The van der Waals surface area contributed by atoms with Crippen LogP contribution in [-0.2, 0) is 11.2 Å². The molecule has 28 heavy (non-hydrogen) atoms. The highest BCUT2D eigenvalue weighted by molar-refractivity contribution is 5.73.